The van der Waals surface area contributed by atoms with Gasteiger partial charge in [0.1, 0.15) is 19.0 Å². The van der Waals surface area contributed by atoms with Gasteiger partial charge < -0.3 is 19.9 Å². The first-order valence-electron chi connectivity index (χ1n) is 9.75. The summed E-state index contributed by atoms with van der Waals surface area (Å²) in [5, 5.41) is 12.2. The van der Waals surface area contributed by atoms with Gasteiger partial charge in [0.05, 0.1) is 0 Å². The molecule has 0 aliphatic heterocycles. The van der Waals surface area contributed by atoms with Gasteiger partial charge in [0.25, 0.3) is 0 Å². The molecule has 7 heteroatoms. The summed E-state index contributed by atoms with van der Waals surface area (Å²) < 4.78 is 10.8. The van der Waals surface area contributed by atoms with Crippen LogP contribution in [-0.4, -0.2) is 36.4 Å². The molecule has 1 aliphatic carbocycles. The molecule has 0 saturated heterocycles. The molecule has 0 radical (unpaired) electrons. The molecule has 0 spiro atoms. The van der Waals surface area contributed by atoms with Gasteiger partial charge in [0.15, 0.2) is 6.04 Å². The van der Waals surface area contributed by atoms with Crippen LogP contribution in [0.1, 0.15) is 17.0 Å². The summed E-state index contributed by atoms with van der Waals surface area (Å²) in [6.45, 7) is -0.165. The van der Waals surface area contributed by atoms with Crippen LogP contribution in [0.5, 0.6) is 5.75 Å². The third kappa shape index (κ3) is 4.64. The normalized spacial score (nSPS) is 13.1. The van der Waals surface area contributed by atoms with Crippen molar-refractivity contribution < 1.29 is 24.2 Å². The number of hydrogen-bond acceptors (Lipinski definition) is 4. The minimum Gasteiger partial charge on any atom is -0.491 e. The molecule has 4 rings (SSSR count). The van der Waals surface area contributed by atoms with E-state index in [9.17, 15) is 14.7 Å². The van der Waals surface area contributed by atoms with E-state index < -0.39 is 18.1 Å². The molecule has 0 bridgehead atoms. The second-order valence-electron chi connectivity index (χ2n) is 7.13. The van der Waals surface area contributed by atoms with Crippen molar-refractivity contribution in [1.29, 1.82) is 0 Å². The number of halogens is 1. The monoisotopic (exact) mass is 437 g/mol. The van der Waals surface area contributed by atoms with Crippen LogP contribution in [0.3, 0.4) is 0 Å². The Morgan fingerprint density at radius 2 is 1.61 bits per heavy atom. The summed E-state index contributed by atoms with van der Waals surface area (Å²) in [5.74, 6) is -0.923. The van der Waals surface area contributed by atoms with E-state index in [4.69, 9.17) is 21.1 Å². The van der Waals surface area contributed by atoms with Gasteiger partial charge in [-0.2, -0.15) is 0 Å². The van der Waals surface area contributed by atoms with Crippen molar-refractivity contribution in [2.75, 3.05) is 13.2 Å². The second-order valence-corrected chi connectivity index (χ2v) is 7.57. The Labute approximate surface area is 184 Å². The number of benzene rings is 3. The van der Waals surface area contributed by atoms with Crippen molar-refractivity contribution in [2.24, 2.45) is 0 Å². The first-order valence-corrected chi connectivity index (χ1v) is 10.1. The molecule has 0 heterocycles. The molecule has 0 saturated carbocycles. The highest BCUT2D eigenvalue weighted by atomic mass is 35.5. The van der Waals surface area contributed by atoms with Crippen molar-refractivity contribution in [2.45, 2.75) is 12.0 Å². The van der Waals surface area contributed by atoms with Crippen LogP contribution in [0.15, 0.2) is 72.8 Å². The van der Waals surface area contributed by atoms with Gasteiger partial charge in [-0.05, 0) is 40.5 Å². The number of nitrogens with one attached hydrogen (secondary N) is 1. The quantitative estimate of drug-likeness (QED) is 0.559. The van der Waals surface area contributed by atoms with E-state index in [1.807, 2.05) is 48.5 Å². The molecular formula is C24H20ClNO5. The number of fused-ring (bicyclic) bond motifs is 3. The van der Waals surface area contributed by atoms with Crippen LogP contribution in [0, 0.1) is 0 Å². The molecule has 1 unspecified atom stereocenters. The molecule has 2 N–H and O–H groups in total. The molecule has 158 valence electrons. The zero-order valence-electron chi connectivity index (χ0n) is 16.5. The van der Waals surface area contributed by atoms with Gasteiger partial charge in [-0.1, -0.05) is 66.2 Å². The maximum absolute atomic E-state index is 12.3. The maximum Gasteiger partial charge on any atom is 0.407 e. The van der Waals surface area contributed by atoms with Gasteiger partial charge in [-0.25, -0.2) is 9.59 Å². The zero-order chi connectivity index (χ0) is 21.8. The standard InChI is InChI=1S/C24H20ClNO5/c25-15-6-5-7-16(12-15)30-14-22(23(27)28)26-24(29)31-13-21-19-10-3-1-8-17(19)18-9-2-4-11-20(18)21/h1-12,21-22H,13-14H2,(H,26,29)(H,27,28). The number of carbonyl (C=O) groups is 2. The number of hydrogen-bond donors (Lipinski definition) is 2. The average Bonchev–Trinajstić information content (AvgIpc) is 3.09. The Bertz CT molecular complexity index is 1070. The number of carboxylic acid groups (broad SMARTS) is 1. The molecule has 0 aromatic heterocycles. The Morgan fingerprint density at radius 1 is 0.968 bits per heavy atom. The van der Waals surface area contributed by atoms with Crippen LogP contribution in [0.4, 0.5) is 4.79 Å². The van der Waals surface area contributed by atoms with Crippen molar-refractivity contribution in [3.8, 4) is 16.9 Å². The Hall–Kier alpha value is -3.51. The Kier molecular flexibility index (Phi) is 6.09. The van der Waals surface area contributed by atoms with Crippen LogP contribution in [0.25, 0.3) is 11.1 Å². The van der Waals surface area contributed by atoms with Gasteiger partial charge >= 0.3 is 12.1 Å². The molecule has 1 atom stereocenters. The summed E-state index contributed by atoms with van der Waals surface area (Å²) in [6.07, 6.45) is -0.816. The van der Waals surface area contributed by atoms with Crippen LogP contribution in [-0.2, 0) is 9.53 Å². The molecule has 0 fully saturated rings. The highest BCUT2D eigenvalue weighted by Crippen LogP contribution is 2.44. The van der Waals surface area contributed by atoms with Gasteiger partial charge in [-0.15, -0.1) is 0 Å². The lowest BCUT2D eigenvalue weighted by Gasteiger charge is -2.18. The summed E-state index contributed by atoms with van der Waals surface area (Å²) in [4.78, 5) is 23.9. The van der Waals surface area contributed by atoms with Crippen LogP contribution in [0.2, 0.25) is 5.02 Å². The fourth-order valence-corrected chi connectivity index (χ4v) is 3.87. The molecule has 1 aliphatic rings. The number of alkyl carbamates (subject to hydrolysis) is 1. The summed E-state index contributed by atoms with van der Waals surface area (Å²) in [7, 11) is 0. The number of carbonyl (C=O) groups excluding carboxylic acids is 1. The van der Waals surface area contributed by atoms with E-state index in [1.54, 1.807) is 24.3 Å². The summed E-state index contributed by atoms with van der Waals surface area (Å²) in [6, 6.07) is 21.3. The molecule has 1 amide bonds. The maximum atomic E-state index is 12.3. The largest absolute Gasteiger partial charge is 0.491 e. The predicted molar refractivity (Wildman–Crippen MR) is 117 cm³/mol. The number of rotatable bonds is 7. The van der Waals surface area contributed by atoms with E-state index in [-0.39, 0.29) is 19.1 Å². The molecule has 3 aromatic carbocycles. The van der Waals surface area contributed by atoms with E-state index in [1.165, 1.54) is 0 Å². The number of carboxylic acids is 1. The summed E-state index contributed by atoms with van der Waals surface area (Å²) in [5.41, 5.74) is 4.39. The van der Waals surface area contributed by atoms with E-state index in [2.05, 4.69) is 5.32 Å². The summed E-state index contributed by atoms with van der Waals surface area (Å²) >= 11 is 5.90. The third-order valence-electron chi connectivity index (χ3n) is 5.15. The third-order valence-corrected chi connectivity index (χ3v) is 5.38. The smallest absolute Gasteiger partial charge is 0.407 e. The van der Waals surface area contributed by atoms with Gasteiger partial charge in [0.2, 0.25) is 0 Å². The number of ether oxygens (including phenoxy) is 2. The lowest BCUT2D eigenvalue weighted by Crippen LogP contribution is -2.45. The Balaban J connectivity index is 1.38. The molecule has 6 nitrogen and oxygen atoms in total. The van der Waals surface area contributed by atoms with Crippen LogP contribution < -0.4 is 10.1 Å². The van der Waals surface area contributed by atoms with Gasteiger partial charge in [-0.3, -0.25) is 0 Å². The van der Waals surface area contributed by atoms with E-state index in [0.717, 1.165) is 22.3 Å². The highest BCUT2D eigenvalue weighted by molar-refractivity contribution is 6.30. The number of amides is 1. The first-order chi connectivity index (χ1) is 15.0. The molecule has 31 heavy (non-hydrogen) atoms. The van der Waals surface area contributed by atoms with Crippen molar-refractivity contribution >= 4 is 23.7 Å². The highest BCUT2D eigenvalue weighted by Gasteiger charge is 2.29. The SMILES string of the molecule is O=C(NC(COc1cccc(Cl)c1)C(=O)O)OCC1c2ccccc2-c2ccccc21. The van der Waals surface area contributed by atoms with Crippen molar-refractivity contribution in [3.63, 3.8) is 0 Å². The fourth-order valence-electron chi connectivity index (χ4n) is 3.69. The number of aliphatic carboxylic acids is 1. The zero-order valence-corrected chi connectivity index (χ0v) is 17.2. The lowest BCUT2D eigenvalue weighted by molar-refractivity contribution is -0.140. The lowest BCUT2D eigenvalue weighted by atomic mass is 9.98. The molecule has 3 aromatic rings. The van der Waals surface area contributed by atoms with Crippen molar-refractivity contribution in [1.82, 2.24) is 5.32 Å². The van der Waals surface area contributed by atoms with E-state index >= 15 is 0 Å². The minimum atomic E-state index is -1.27. The Morgan fingerprint density at radius 3 is 2.23 bits per heavy atom. The van der Waals surface area contributed by atoms with Crippen LogP contribution >= 0.6 is 11.6 Å². The minimum absolute atomic E-state index is 0.0986. The fraction of sp³-hybridized carbons (Fsp3) is 0.167. The van der Waals surface area contributed by atoms with Gasteiger partial charge in [0, 0.05) is 10.9 Å². The average molecular weight is 438 g/mol. The first kappa shape index (κ1) is 20.8. The second kappa shape index (κ2) is 9.10. The van der Waals surface area contributed by atoms with Crippen molar-refractivity contribution in [3.05, 3.63) is 88.9 Å². The molecular weight excluding hydrogens is 418 g/mol. The topological polar surface area (TPSA) is 84.9 Å². The van der Waals surface area contributed by atoms with E-state index in [0.29, 0.717) is 10.8 Å². The predicted octanol–water partition coefficient (Wildman–Crippen LogP) is 4.71.